The Morgan fingerprint density at radius 2 is 2.27 bits per heavy atom. The van der Waals surface area contributed by atoms with Crippen LogP contribution in [0.25, 0.3) is 0 Å². The predicted molar refractivity (Wildman–Crippen MR) is 64.1 cm³/mol. The van der Waals surface area contributed by atoms with Gasteiger partial charge in [0.1, 0.15) is 0 Å². The van der Waals surface area contributed by atoms with Gasteiger partial charge in [0.15, 0.2) is 0 Å². The first-order chi connectivity index (χ1) is 7.15. The van der Waals surface area contributed by atoms with Crippen LogP contribution < -0.4 is 0 Å². The molecule has 0 fully saturated rings. The van der Waals surface area contributed by atoms with Gasteiger partial charge in [0, 0.05) is 19.0 Å². The van der Waals surface area contributed by atoms with Gasteiger partial charge in [0.05, 0.1) is 12.7 Å². The number of hydrogen-bond acceptors (Lipinski definition) is 3. The molecule has 15 heavy (non-hydrogen) atoms. The van der Waals surface area contributed by atoms with Gasteiger partial charge in [0.25, 0.3) is 0 Å². The van der Waals surface area contributed by atoms with E-state index in [-0.39, 0.29) is 18.6 Å². The number of methoxy groups -OCH3 is 1. The minimum atomic E-state index is -0.112. The first-order valence-corrected chi connectivity index (χ1v) is 5.10. The summed E-state index contributed by atoms with van der Waals surface area (Å²) in [6, 6.07) is 0. The van der Waals surface area contributed by atoms with Crippen molar-refractivity contribution in [3.05, 3.63) is 24.9 Å². The number of nitrogens with zero attached hydrogens (tertiary/aromatic N) is 1. The normalized spacial score (nSPS) is 16.7. The molecule has 0 bridgehead atoms. The van der Waals surface area contributed by atoms with Crippen molar-refractivity contribution in [2.24, 2.45) is 10.9 Å². The molecule has 86 valence electrons. The lowest BCUT2D eigenvalue weighted by atomic mass is 9.99. The molecule has 0 aliphatic rings. The van der Waals surface area contributed by atoms with Crippen molar-refractivity contribution < 1.29 is 9.84 Å². The molecule has 1 N–H and O–H groups in total. The molecule has 0 unspecified atom stereocenters. The van der Waals surface area contributed by atoms with Crippen LogP contribution in [0.2, 0.25) is 0 Å². The number of aliphatic hydroxyl groups is 1. The number of hydrogen-bond donors (Lipinski definition) is 1. The molecule has 0 aromatic heterocycles. The van der Waals surface area contributed by atoms with Crippen molar-refractivity contribution in [3.8, 4) is 0 Å². The van der Waals surface area contributed by atoms with Gasteiger partial charge < -0.3 is 9.84 Å². The highest BCUT2D eigenvalue weighted by atomic mass is 16.5. The summed E-state index contributed by atoms with van der Waals surface area (Å²) in [4.78, 5) is 4.23. The summed E-state index contributed by atoms with van der Waals surface area (Å²) in [5.74, 6) is 0.265. The van der Waals surface area contributed by atoms with Crippen LogP contribution >= 0.6 is 0 Å². The van der Waals surface area contributed by atoms with Crippen molar-refractivity contribution in [2.45, 2.75) is 26.4 Å². The third kappa shape index (κ3) is 6.20. The summed E-state index contributed by atoms with van der Waals surface area (Å²) < 4.78 is 5.15. The highest BCUT2D eigenvalue weighted by Gasteiger charge is 2.15. The highest BCUT2D eigenvalue weighted by Crippen LogP contribution is 2.11. The summed E-state index contributed by atoms with van der Waals surface area (Å²) in [6.45, 7) is 7.62. The van der Waals surface area contributed by atoms with E-state index in [0.717, 1.165) is 12.1 Å². The molecule has 0 saturated carbocycles. The van der Waals surface area contributed by atoms with Crippen LogP contribution in [0.4, 0.5) is 0 Å². The minimum Gasteiger partial charge on any atom is -0.394 e. The quantitative estimate of drug-likeness (QED) is 0.518. The number of rotatable bonds is 7. The zero-order valence-electron chi connectivity index (χ0n) is 9.81. The Labute approximate surface area is 92.2 Å². The number of allylic oxidation sites excluding steroid dienone is 2. The zero-order valence-corrected chi connectivity index (χ0v) is 9.81. The monoisotopic (exact) mass is 211 g/mol. The predicted octanol–water partition coefficient (Wildman–Crippen LogP) is 2.18. The summed E-state index contributed by atoms with van der Waals surface area (Å²) in [7, 11) is 1.61. The van der Waals surface area contributed by atoms with E-state index >= 15 is 0 Å². The Morgan fingerprint density at radius 3 is 2.73 bits per heavy atom. The third-order valence-electron chi connectivity index (χ3n) is 2.25. The Balaban J connectivity index is 4.14. The molecule has 0 heterocycles. The second-order valence-corrected chi connectivity index (χ2v) is 3.58. The molecule has 0 aromatic rings. The topological polar surface area (TPSA) is 41.8 Å². The molecule has 3 heteroatoms. The Morgan fingerprint density at radius 1 is 1.60 bits per heavy atom. The Hall–Kier alpha value is -0.930. The maximum atomic E-state index is 9.03. The molecule has 0 aliphatic heterocycles. The molecule has 0 amide bonds. The van der Waals surface area contributed by atoms with Gasteiger partial charge in [-0.2, -0.15) is 0 Å². The van der Waals surface area contributed by atoms with Crippen molar-refractivity contribution in [2.75, 3.05) is 13.7 Å². The molecule has 3 nitrogen and oxygen atoms in total. The lowest BCUT2D eigenvalue weighted by Gasteiger charge is -2.19. The lowest BCUT2D eigenvalue weighted by molar-refractivity contribution is 0.0149. The van der Waals surface area contributed by atoms with Crippen LogP contribution in [-0.4, -0.2) is 30.6 Å². The largest absolute Gasteiger partial charge is 0.394 e. The standard InChI is InChI=1S/C12H21NO2/c1-5-6-7-13-11(3)8-10(2)12(9-14)15-4/h5-7,10,12,14H,1,8-9H2,2-4H3/b7-6-,13-11?/t10-,12-/m1/s1. The van der Waals surface area contributed by atoms with E-state index in [1.165, 1.54) is 0 Å². The summed E-state index contributed by atoms with van der Waals surface area (Å²) >= 11 is 0. The van der Waals surface area contributed by atoms with E-state index in [0.29, 0.717) is 0 Å². The average Bonchev–Trinajstić information content (AvgIpc) is 2.20. The van der Waals surface area contributed by atoms with Crippen molar-refractivity contribution in [1.29, 1.82) is 0 Å². The first-order valence-electron chi connectivity index (χ1n) is 5.10. The van der Waals surface area contributed by atoms with E-state index in [1.54, 1.807) is 25.5 Å². The fourth-order valence-corrected chi connectivity index (χ4v) is 1.37. The summed E-state index contributed by atoms with van der Waals surface area (Å²) in [6.07, 6.45) is 5.90. The fourth-order valence-electron chi connectivity index (χ4n) is 1.37. The SMILES string of the molecule is C=C/C=C\N=C(C)C[C@@H](C)[C@@H](CO)OC. The molecule has 0 aromatic carbocycles. The van der Waals surface area contributed by atoms with Crippen LogP contribution in [0.15, 0.2) is 29.9 Å². The summed E-state index contributed by atoms with van der Waals surface area (Å²) in [5, 5.41) is 9.03. The van der Waals surface area contributed by atoms with Crippen LogP contribution in [0.1, 0.15) is 20.3 Å². The van der Waals surface area contributed by atoms with Crippen LogP contribution in [0.3, 0.4) is 0 Å². The first kappa shape index (κ1) is 14.1. The second kappa shape index (κ2) is 8.38. The van der Waals surface area contributed by atoms with Gasteiger partial charge in [-0.15, -0.1) is 0 Å². The van der Waals surface area contributed by atoms with Crippen molar-refractivity contribution in [1.82, 2.24) is 0 Å². The minimum absolute atomic E-state index is 0.0491. The third-order valence-corrected chi connectivity index (χ3v) is 2.25. The van der Waals surface area contributed by atoms with Gasteiger partial charge >= 0.3 is 0 Å². The average molecular weight is 211 g/mol. The summed E-state index contributed by atoms with van der Waals surface area (Å²) in [5.41, 5.74) is 1.02. The Bertz CT molecular complexity index is 230. The van der Waals surface area contributed by atoms with E-state index in [9.17, 15) is 0 Å². The molecule has 0 radical (unpaired) electrons. The maximum absolute atomic E-state index is 9.03. The zero-order chi connectivity index (χ0) is 11.7. The molecule has 0 rings (SSSR count). The van der Waals surface area contributed by atoms with Crippen LogP contribution in [0, 0.1) is 5.92 Å². The van der Waals surface area contributed by atoms with Crippen molar-refractivity contribution in [3.63, 3.8) is 0 Å². The molecule has 2 atom stereocenters. The van der Waals surface area contributed by atoms with Crippen LogP contribution in [-0.2, 0) is 4.74 Å². The van der Waals surface area contributed by atoms with Gasteiger partial charge in [-0.1, -0.05) is 19.6 Å². The lowest BCUT2D eigenvalue weighted by Crippen LogP contribution is -2.25. The van der Waals surface area contributed by atoms with Crippen LogP contribution in [0.5, 0.6) is 0 Å². The van der Waals surface area contributed by atoms with Crippen molar-refractivity contribution >= 4 is 5.71 Å². The maximum Gasteiger partial charge on any atom is 0.0831 e. The molecular weight excluding hydrogens is 190 g/mol. The van der Waals surface area contributed by atoms with E-state index in [1.807, 2.05) is 13.8 Å². The number of aliphatic hydroxyl groups excluding tert-OH is 1. The number of aliphatic imine (C=N–C) groups is 1. The van der Waals surface area contributed by atoms with E-state index < -0.39 is 0 Å². The van der Waals surface area contributed by atoms with Gasteiger partial charge in [-0.25, -0.2) is 0 Å². The smallest absolute Gasteiger partial charge is 0.0831 e. The van der Waals surface area contributed by atoms with Gasteiger partial charge in [0.2, 0.25) is 0 Å². The number of ether oxygens (including phenoxy) is 1. The fraction of sp³-hybridized carbons (Fsp3) is 0.583. The van der Waals surface area contributed by atoms with Gasteiger partial charge in [-0.3, -0.25) is 4.99 Å². The highest BCUT2D eigenvalue weighted by molar-refractivity contribution is 5.82. The molecule has 0 aliphatic carbocycles. The molecular formula is C12H21NO2. The van der Waals surface area contributed by atoms with E-state index in [4.69, 9.17) is 9.84 Å². The molecule has 0 saturated heterocycles. The Kier molecular flexibility index (Phi) is 7.86. The van der Waals surface area contributed by atoms with Gasteiger partial charge in [-0.05, 0) is 25.3 Å². The second-order valence-electron chi connectivity index (χ2n) is 3.58. The molecule has 0 spiro atoms. The van der Waals surface area contributed by atoms with E-state index in [2.05, 4.69) is 11.6 Å².